The molecule has 224 valence electrons. The first-order valence-corrected chi connectivity index (χ1v) is 14.9. The molecule has 0 spiro atoms. The molecular weight excluding hydrogens is 588 g/mol. The number of allylic oxidation sites excluding steroid dienone is 2. The Bertz CT molecular complexity index is 1560. The van der Waals surface area contributed by atoms with Crippen molar-refractivity contribution < 1.29 is 32.4 Å². The highest BCUT2D eigenvalue weighted by Gasteiger charge is 2.38. The van der Waals surface area contributed by atoms with Crippen molar-refractivity contribution in [2.24, 2.45) is 0 Å². The largest absolute Gasteiger partial charge is 0.466 e. The number of nitrogens with one attached hydrogen (secondary N) is 1. The molecule has 2 heterocycles. The topological polar surface area (TPSA) is 148 Å². The van der Waals surface area contributed by atoms with Crippen molar-refractivity contribution in [3.8, 4) is 0 Å². The first kappa shape index (κ1) is 31.2. The molecule has 0 aromatic heterocycles. The number of hydrogen-bond donors (Lipinski definition) is 1. The van der Waals surface area contributed by atoms with Gasteiger partial charge in [-0.3, -0.25) is 15.0 Å². The highest BCUT2D eigenvalue weighted by Crippen LogP contribution is 2.40. The van der Waals surface area contributed by atoms with E-state index in [0.29, 0.717) is 36.6 Å². The summed E-state index contributed by atoms with van der Waals surface area (Å²) in [7, 11) is -2.52. The highest BCUT2D eigenvalue weighted by atomic mass is 35.5. The molecule has 1 saturated heterocycles. The van der Waals surface area contributed by atoms with E-state index in [1.165, 1.54) is 41.7 Å². The van der Waals surface area contributed by atoms with E-state index in [9.17, 15) is 28.1 Å². The van der Waals surface area contributed by atoms with Crippen LogP contribution in [0.4, 0.5) is 5.69 Å². The fraction of sp³-hybridized carbons (Fsp3) is 0.357. The minimum absolute atomic E-state index is 0.00475. The number of methoxy groups -OCH3 is 1. The molecule has 42 heavy (non-hydrogen) atoms. The molecule has 0 bridgehead atoms. The minimum atomic E-state index is -3.74. The van der Waals surface area contributed by atoms with Crippen LogP contribution in [-0.4, -0.2) is 80.9 Å². The molecular formula is C28H31ClN4O8S. The van der Waals surface area contributed by atoms with Gasteiger partial charge in [-0.2, -0.15) is 4.31 Å². The van der Waals surface area contributed by atoms with Gasteiger partial charge in [0.15, 0.2) is 0 Å². The Hall–Kier alpha value is -3.78. The summed E-state index contributed by atoms with van der Waals surface area (Å²) in [5.41, 5.74) is 1.36. The number of esters is 2. The van der Waals surface area contributed by atoms with Gasteiger partial charge in [0.05, 0.1) is 34.1 Å². The van der Waals surface area contributed by atoms with Crippen molar-refractivity contribution in [3.05, 3.63) is 91.8 Å². The predicted octanol–water partition coefficient (Wildman–Crippen LogP) is 3.21. The zero-order valence-corrected chi connectivity index (χ0v) is 24.9. The number of carbonyl (C=O) groups excluding carboxylic acids is 2. The molecule has 2 aromatic carbocycles. The molecule has 14 heteroatoms. The number of hydrogen-bond acceptors (Lipinski definition) is 10. The van der Waals surface area contributed by atoms with Crippen LogP contribution in [0, 0.1) is 10.1 Å². The second-order valence-electron chi connectivity index (χ2n) is 9.79. The molecule has 0 amide bonds. The van der Waals surface area contributed by atoms with Gasteiger partial charge < -0.3 is 14.8 Å². The number of benzene rings is 2. The van der Waals surface area contributed by atoms with E-state index in [1.54, 1.807) is 32.0 Å². The second-order valence-corrected chi connectivity index (χ2v) is 12.1. The van der Waals surface area contributed by atoms with E-state index < -0.39 is 32.8 Å². The molecule has 2 aromatic rings. The van der Waals surface area contributed by atoms with Gasteiger partial charge in [-0.1, -0.05) is 35.9 Å². The van der Waals surface area contributed by atoms with Crippen LogP contribution >= 0.6 is 11.6 Å². The van der Waals surface area contributed by atoms with Crippen molar-refractivity contribution in [3.63, 3.8) is 0 Å². The Morgan fingerprint density at radius 1 is 1.02 bits per heavy atom. The summed E-state index contributed by atoms with van der Waals surface area (Å²) >= 11 is 6.11. The quantitative estimate of drug-likeness (QED) is 0.252. The van der Waals surface area contributed by atoms with Crippen molar-refractivity contribution in [1.82, 2.24) is 14.5 Å². The van der Waals surface area contributed by atoms with Crippen LogP contribution in [0.1, 0.15) is 25.3 Å². The molecule has 1 unspecified atom stereocenters. The number of sulfonamides is 1. The third-order valence-electron chi connectivity index (χ3n) is 7.23. The first-order valence-electron chi connectivity index (χ1n) is 13.1. The Labute approximate surface area is 248 Å². The van der Waals surface area contributed by atoms with Gasteiger partial charge >= 0.3 is 11.9 Å². The summed E-state index contributed by atoms with van der Waals surface area (Å²) in [4.78, 5) is 39.2. The predicted molar refractivity (Wildman–Crippen MR) is 154 cm³/mol. The van der Waals surface area contributed by atoms with Crippen molar-refractivity contribution in [2.75, 3.05) is 46.4 Å². The van der Waals surface area contributed by atoms with Crippen LogP contribution in [0.15, 0.2) is 76.0 Å². The number of rotatable bonds is 9. The third kappa shape index (κ3) is 6.49. The van der Waals surface area contributed by atoms with Gasteiger partial charge in [-0.25, -0.2) is 18.0 Å². The van der Waals surface area contributed by atoms with Crippen LogP contribution in [0.5, 0.6) is 0 Å². The number of carbonyl (C=O) groups is 2. The molecule has 0 radical (unpaired) electrons. The summed E-state index contributed by atoms with van der Waals surface area (Å²) in [5, 5.41) is 14.6. The number of non-ortho nitro benzene ring substituents is 1. The third-order valence-corrected chi connectivity index (χ3v) is 9.62. The zero-order valence-electron chi connectivity index (χ0n) is 23.3. The minimum Gasteiger partial charge on any atom is -0.466 e. The molecule has 12 nitrogen and oxygen atoms in total. The summed E-state index contributed by atoms with van der Waals surface area (Å²) in [6.45, 7) is 5.03. The summed E-state index contributed by atoms with van der Waals surface area (Å²) in [6.07, 6.45) is 0. The molecule has 2 aliphatic rings. The van der Waals surface area contributed by atoms with Crippen molar-refractivity contribution >= 4 is 39.3 Å². The highest BCUT2D eigenvalue weighted by molar-refractivity contribution is 7.89. The van der Waals surface area contributed by atoms with Gasteiger partial charge in [0.25, 0.3) is 5.69 Å². The number of nitrogens with zero attached hydrogens (tertiary/aromatic N) is 3. The maximum absolute atomic E-state index is 13.4. The zero-order chi connectivity index (χ0) is 30.6. The number of nitro groups is 1. The Kier molecular flexibility index (Phi) is 9.67. The normalized spacial score (nSPS) is 18.4. The summed E-state index contributed by atoms with van der Waals surface area (Å²) in [5.74, 6) is -2.33. The smallest absolute Gasteiger partial charge is 0.336 e. The molecule has 0 saturated carbocycles. The SMILES string of the molecule is COC(=O)C1=C(C)NC(C)=C(C(=O)OCCN2CCN(S(=O)(=O)c3ccccc3Cl)CC2)C1c1cccc([N+](=O)[O-])c1. The van der Waals surface area contributed by atoms with Gasteiger partial charge in [0, 0.05) is 56.3 Å². The van der Waals surface area contributed by atoms with Crippen LogP contribution < -0.4 is 5.32 Å². The average molecular weight is 619 g/mol. The van der Waals surface area contributed by atoms with Gasteiger partial charge in [-0.15, -0.1) is 0 Å². The van der Waals surface area contributed by atoms with E-state index in [0.717, 1.165) is 0 Å². The number of nitro benzene ring substituents is 1. The van der Waals surface area contributed by atoms with Crippen LogP contribution in [0.2, 0.25) is 5.02 Å². The lowest BCUT2D eigenvalue weighted by Crippen LogP contribution is -2.49. The molecule has 1 N–H and O–H groups in total. The standard InChI is InChI=1S/C28H31ClN4O8S/c1-18-24(27(34)40-3)26(20-7-6-8-21(17-20)33(36)37)25(19(2)30-18)28(35)41-16-15-31-11-13-32(14-12-31)42(38,39)23-10-5-4-9-22(23)29/h4-10,17,26,30H,11-16H2,1-3H3. The van der Waals surface area contributed by atoms with Crippen molar-refractivity contribution in [1.29, 1.82) is 0 Å². The number of halogens is 1. The maximum Gasteiger partial charge on any atom is 0.336 e. The lowest BCUT2D eigenvalue weighted by atomic mass is 9.80. The second kappa shape index (κ2) is 13.0. The fourth-order valence-electron chi connectivity index (χ4n) is 5.13. The Balaban J connectivity index is 1.45. The molecule has 1 atom stereocenters. The van der Waals surface area contributed by atoms with E-state index >= 15 is 0 Å². The monoisotopic (exact) mass is 618 g/mol. The Morgan fingerprint density at radius 3 is 2.29 bits per heavy atom. The van der Waals surface area contributed by atoms with Gasteiger partial charge in [-0.05, 0) is 31.5 Å². The summed E-state index contributed by atoms with van der Waals surface area (Å²) in [6, 6.07) is 12.0. The van der Waals surface area contributed by atoms with Crippen LogP contribution in [0.25, 0.3) is 0 Å². The summed E-state index contributed by atoms with van der Waals surface area (Å²) < 4.78 is 38.0. The fourth-order valence-corrected chi connectivity index (χ4v) is 7.04. The number of piperazine rings is 1. The van der Waals surface area contributed by atoms with E-state index in [2.05, 4.69) is 5.32 Å². The lowest BCUT2D eigenvalue weighted by molar-refractivity contribution is -0.384. The van der Waals surface area contributed by atoms with Gasteiger partial charge in [0.1, 0.15) is 11.5 Å². The van der Waals surface area contributed by atoms with E-state index in [-0.39, 0.29) is 46.4 Å². The van der Waals surface area contributed by atoms with E-state index in [4.69, 9.17) is 21.1 Å². The molecule has 0 aliphatic carbocycles. The number of ether oxygens (including phenoxy) is 2. The molecule has 1 fully saturated rings. The van der Waals surface area contributed by atoms with Crippen LogP contribution in [0.3, 0.4) is 0 Å². The number of dihydropyridines is 1. The van der Waals surface area contributed by atoms with Crippen molar-refractivity contribution in [2.45, 2.75) is 24.7 Å². The van der Waals surface area contributed by atoms with Gasteiger partial charge in [0.2, 0.25) is 10.0 Å². The van der Waals surface area contributed by atoms with E-state index in [1.807, 2.05) is 4.90 Å². The molecule has 2 aliphatic heterocycles. The molecule has 4 rings (SSSR count). The maximum atomic E-state index is 13.4. The average Bonchev–Trinajstić information content (AvgIpc) is 2.96. The van der Waals surface area contributed by atoms with Crippen LogP contribution in [-0.2, 0) is 29.1 Å². The first-order chi connectivity index (χ1) is 19.9. The lowest BCUT2D eigenvalue weighted by Gasteiger charge is -2.34. The Morgan fingerprint density at radius 2 is 1.67 bits per heavy atom.